The molecule has 1 unspecified atom stereocenters. The molecular weight excluding hydrogens is 286 g/mol. The van der Waals surface area contributed by atoms with Crippen LogP contribution in [0, 0.1) is 0 Å². The summed E-state index contributed by atoms with van der Waals surface area (Å²) < 4.78 is 0. The molecule has 0 N–H and O–H groups in total. The van der Waals surface area contributed by atoms with Gasteiger partial charge in [-0.1, -0.05) is 76.6 Å². The largest absolute Gasteiger partial charge is 0.283 e. The summed E-state index contributed by atoms with van der Waals surface area (Å²) in [5.41, 5.74) is 2.69. The predicted octanol–water partition coefficient (Wildman–Crippen LogP) is 4.43. The zero-order chi connectivity index (χ0) is 12.8. The molecule has 0 heterocycles. The number of nitrogens with zero attached hydrogens (tertiary/aromatic N) is 1. The highest BCUT2D eigenvalue weighted by Gasteiger charge is 2.11. The highest BCUT2D eigenvalue weighted by Crippen LogP contribution is 2.16. The topological polar surface area (TPSA) is 3.24 Å². The third-order valence-electron chi connectivity index (χ3n) is 2.96. The molecule has 0 bridgehead atoms. The second-order valence-corrected chi connectivity index (χ2v) is 5.78. The molecule has 0 aliphatic carbocycles. The Labute approximate surface area is 118 Å². The average Bonchev–Trinajstić information content (AvgIpc) is 2.40. The molecule has 0 saturated heterocycles. The van der Waals surface area contributed by atoms with Crippen LogP contribution in [0.1, 0.15) is 18.1 Å². The zero-order valence-electron chi connectivity index (χ0n) is 10.6. The normalized spacial score (nSPS) is 12.6. The molecule has 2 rings (SSSR count). The third-order valence-corrected chi connectivity index (χ3v) is 3.54. The molecule has 0 amide bonds. The van der Waals surface area contributed by atoms with E-state index in [2.05, 4.69) is 88.4 Å². The molecule has 2 heteroatoms. The van der Waals surface area contributed by atoms with Gasteiger partial charge in [0, 0.05) is 13.1 Å². The van der Waals surface area contributed by atoms with Gasteiger partial charge in [0.05, 0.1) is 4.95 Å². The quantitative estimate of drug-likeness (QED) is 0.583. The predicted molar refractivity (Wildman–Crippen MR) is 80.5 cm³/mol. The van der Waals surface area contributed by atoms with Crippen LogP contribution in [0.2, 0.25) is 0 Å². The van der Waals surface area contributed by atoms with Gasteiger partial charge in [0.2, 0.25) is 0 Å². The monoisotopic (exact) mass is 303 g/mol. The minimum absolute atomic E-state index is 0.359. The summed E-state index contributed by atoms with van der Waals surface area (Å²) in [6.45, 7) is 4.09. The van der Waals surface area contributed by atoms with E-state index in [4.69, 9.17) is 0 Å². The molecular formula is C16H18BrN. The van der Waals surface area contributed by atoms with Gasteiger partial charge in [-0.15, -0.1) is 0 Å². The molecule has 94 valence electrons. The van der Waals surface area contributed by atoms with Crippen molar-refractivity contribution >= 4 is 15.9 Å². The van der Waals surface area contributed by atoms with E-state index in [1.54, 1.807) is 0 Å². The number of hydrogen-bond donors (Lipinski definition) is 0. The van der Waals surface area contributed by atoms with E-state index in [0.717, 1.165) is 13.1 Å². The maximum Gasteiger partial charge on any atom is 0.0632 e. The van der Waals surface area contributed by atoms with Gasteiger partial charge in [-0.3, -0.25) is 4.90 Å². The lowest BCUT2D eigenvalue weighted by molar-refractivity contribution is 0.253. The van der Waals surface area contributed by atoms with Gasteiger partial charge in [-0.05, 0) is 18.1 Å². The maximum absolute atomic E-state index is 3.68. The molecule has 0 radical (unpaired) electrons. The van der Waals surface area contributed by atoms with Crippen molar-refractivity contribution < 1.29 is 0 Å². The first-order valence-electron chi connectivity index (χ1n) is 6.21. The van der Waals surface area contributed by atoms with Gasteiger partial charge in [-0.25, -0.2) is 0 Å². The Morgan fingerprint density at radius 2 is 1.22 bits per heavy atom. The fourth-order valence-corrected chi connectivity index (χ4v) is 2.23. The van der Waals surface area contributed by atoms with Crippen molar-refractivity contribution in [2.75, 3.05) is 0 Å². The summed E-state index contributed by atoms with van der Waals surface area (Å²) >= 11 is 3.68. The first-order chi connectivity index (χ1) is 8.75. The van der Waals surface area contributed by atoms with E-state index in [1.165, 1.54) is 11.1 Å². The standard InChI is InChI=1S/C16H18BrN/c1-14(17)18(12-15-8-4-2-5-9-15)13-16-10-6-3-7-11-16/h2-11,14H,12-13H2,1H3. The Kier molecular flexibility index (Phi) is 4.97. The fourth-order valence-electron chi connectivity index (χ4n) is 1.94. The summed E-state index contributed by atoms with van der Waals surface area (Å²) in [4.78, 5) is 2.77. The summed E-state index contributed by atoms with van der Waals surface area (Å²) in [5.74, 6) is 0. The highest BCUT2D eigenvalue weighted by molar-refractivity contribution is 9.09. The summed E-state index contributed by atoms with van der Waals surface area (Å²) in [6.07, 6.45) is 0. The number of rotatable bonds is 5. The smallest absolute Gasteiger partial charge is 0.0632 e. The lowest BCUT2D eigenvalue weighted by Crippen LogP contribution is -2.27. The number of benzene rings is 2. The van der Waals surface area contributed by atoms with Crippen LogP contribution >= 0.6 is 15.9 Å². The van der Waals surface area contributed by atoms with Crippen molar-refractivity contribution in [1.29, 1.82) is 0 Å². The average molecular weight is 304 g/mol. The lowest BCUT2D eigenvalue weighted by atomic mass is 10.1. The highest BCUT2D eigenvalue weighted by atomic mass is 79.9. The van der Waals surface area contributed by atoms with Gasteiger partial charge < -0.3 is 0 Å². The molecule has 2 aromatic carbocycles. The van der Waals surface area contributed by atoms with Crippen LogP contribution in [0.25, 0.3) is 0 Å². The van der Waals surface area contributed by atoms with E-state index in [1.807, 2.05) is 0 Å². The van der Waals surface area contributed by atoms with Crippen molar-refractivity contribution in [3.63, 3.8) is 0 Å². The first-order valence-corrected chi connectivity index (χ1v) is 7.13. The van der Waals surface area contributed by atoms with Gasteiger partial charge in [-0.2, -0.15) is 0 Å². The molecule has 0 aliphatic rings. The third kappa shape index (κ3) is 3.97. The van der Waals surface area contributed by atoms with Crippen LogP contribution < -0.4 is 0 Å². The lowest BCUT2D eigenvalue weighted by Gasteiger charge is -2.25. The zero-order valence-corrected chi connectivity index (χ0v) is 12.2. The van der Waals surface area contributed by atoms with E-state index < -0.39 is 0 Å². The SMILES string of the molecule is CC(Br)N(Cc1ccccc1)Cc1ccccc1. The molecule has 0 fully saturated rings. The first kappa shape index (κ1) is 13.3. The molecule has 1 nitrogen and oxygen atoms in total. The summed E-state index contributed by atoms with van der Waals surface area (Å²) in [7, 11) is 0. The van der Waals surface area contributed by atoms with Crippen molar-refractivity contribution in [3.8, 4) is 0 Å². The number of halogens is 1. The van der Waals surface area contributed by atoms with Crippen molar-refractivity contribution in [3.05, 3.63) is 71.8 Å². The Morgan fingerprint density at radius 1 is 0.833 bits per heavy atom. The van der Waals surface area contributed by atoms with E-state index in [0.29, 0.717) is 4.95 Å². The van der Waals surface area contributed by atoms with E-state index >= 15 is 0 Å². The Hall–Kier alpha value is -1.12. The van der Waals surface area contributed by atoms with Crippen LogP contribution in [0.4, 0.5) is 0 Å². The molecule has 18 heavy (non-hydrogen) atoms. The van der Waals surface area contributed by atoms with Crippen LogP contribution in [-0.4, -0.2) is 9.85 Å². The van der Waals surface area contributed by atoms with Crippen molar-refractivity contribution in [2.24, 2.45) is 0 Å². The summed E-state index contributed by atoms with van der Waals surface area (Å²) in [6, 6.07) is 21.2. The van der Waals surface area contributed by atoms with Crippen LogP contribution in [0.15, 0.2) is 60.7 Å². The van der Waals surface area contributed by atoms with Crippen LogP contribution in [0.3, 0.4) is 0 Å². The molecule has 1 atom stereocenters. The van der Waals surface area contributed by atoms with Crippen molar-refractivity contribution in [1.82, 2.24) is 4.90 Å². The second kappa shape index (κ2) is 6.72. The maximum atomic E-state index is 3.68. The Bertz CT molecular complexity index is 412. The Balaban J connectivity index is 2.05. The van der Waals surface area contributed by atoms with Gasteiger partial charge in [0.1, 0.15) is 0 Å². The van der Waals surface area contributed by atoms with Crippen LogP contribution in [0.5, 0.6) is 0 Å². The fraction of sp³-hybridized carbons (Fsp3) is 0.250. The second-order valence-electron chi connectivity index (χ2n) is 4.45. The minimum atomic E-state index is 0.359. The number of hydrogen-bond acceptors (Lipinski definition) is 1. The minimum Gasteiger partial charge on any atom is -0.283 e. The summed E-state index contributed by atoms with van der Waals surface area (Å²) in [5, 5.41) is 0. The molecule has 0 spiro atoms. The molecule has 0 saturated carbocycles. The van der Waals surface area contributed by atoms with E-state index in [9.17, 15) is 0 Å². The number of alkyl halides is 1. The van der Waals surface area contributed by atoms with Gasteiger partial charge in [0.25, 0.3) is 0 Å². The van der Waals surface area contributed by atoms with Crippen LogP contribution in [-0.2, 0) is 13.1 Å². The molecule has 0 aliphatic heterocycles. The van der Waals surface area contributed by atoms with Gasteiger partial charge >= 0.3 is 0 Å². The van der Waals surface area contributed by atoms with E-state index in [-0.39, 0.29) is 0 Å². The van der Waals surface area contributed by atoms with Gasteiger partial charge in [0.15, 0.2) is 0 Å². The Morgan fingerprint density at radius 3 is 1.56 bits per heavy atom. The molecule has 2 aromatic rings. The molecule has 0 aromatic heterocycles. The van der Waals surface area contributed by atoms with Crippen molar-refractivity contribution in [2.45, 2.75) is 25.0 Å².